The summed E-state index contributed by atoms with van der Waals surface area (Å²) in [5.74, 6) is 0.978. The van der Waals surface area contributed by atoms with E-state index in [0.717, 1.165) is 16.4 Å². The summed E-state index contributed by atoms with van der Waals surface area (Å²) in [5.41, 5.74) is 2.21. The van der Waals surface area contributed by atoms with Gasteiger partial charge in [-0.1, -0.05) is 25.3 Å². The van der Waals surface area contributed by atoms with Crippen LogP contribution in [0.15, 0.2) is 23.7 Å². The number of fused-ring (bicyclic) bond motifs is 1. The largest absolute Gasteiger partial charge is 0.365 e. The first-order valence-electron chi connectivity index (χ1n) is 7.67. The van der Waals surface area contributed by atoms with Gasteiger partial charge in [-0.15, -0.1) is 11.3 Å². The van der Waals surface area contributed by atoms with Crippen LogP contribution in [0.5, 0.6) is 0 Å². The van der Waals surface area contributed by atoms with Gasteiger partial charge in [0.15, 0.2) is 11.5 Å². The zero-order valence-corrected chi connectivity index (χ0v) is 13.0. The number of nitrogens with zero attached hydrogens (tertiary/aromatic N) is 3. The Morgan fingerprint density at radius 3 is 2.95 bits per heavy atom. The molecule has 5 nitrogen and oxygen atoms in total. The van der Waals surface area contributed by atoms with Crippen LogP contribution < -0.4 is 5.32 Å². The van der Waals surface area contributed by atoms with E-state index < -0.39 is 0 Å². The molecule has 0 amide bonds. The van der Waals surface area contributed by atoms with E-state index in [1.54, 1.807) is 17.5 Å². The van der Waals surface area contributed by atoms with Gasteiger partial charge in [0.1, 0.15) is 17.3 Å². The van der Waals surface area contributed by atoms with Crippen LogP contribution >= 0.6 is 11.3 Å². The van der Waals surface area contributed by atoms with Gasteiger partial charge in [-0.2, -0.15) is 5.26 Å². The van der Waals surface area contributed by atoms with E-state index in [4.69, 9.17) is 4.98 Å². The summed E-state index contributed by atoms with van der Waals surface area (Å²) >= 11 is 1.67. The monoisotopic (exact) mass is 311 g/mol. The van der Waals surface area contributed by atoms with Gasteiger partial charge in [0.05, 0.1) is 4.88 Å². The van der Waals surface area contributed by atoms with Gasteiger partial charge in [0, 0.05) is 12.2 Å². The maximum absolute atomic E-state index is 9.24. The third-order valence-corrected chi connectivity index (χ3v) is 5.15. The Morgan fingerprint density at radius 2 is 2.23 bits per heavy atom. The normalized spacial score (nSPS) is 16.0. The first-order valence-corrected chi connectivity index (χ1v) is 8.55. The molecule has 3 aromatic heterocycles. The van der Waals surface area contributed by atoms with E-state index in [9.17, 15) is 5.26 Å². The van der Waals surface area contributed by atoms with Gasteiger partial charge >= 0.3 is 0 Å². The summed E-state index contributed by atoms with van der Waals surface area (Å²) in [5, 5.41) is 18.1. The molecule has 0 bridgehead atoms. The summed E-state index contributed by atoms with van der Waals surface area (Å²) in [4.78, 5) is 5.83. The highest BCUT2D eigenvalue weighted by Gasteiger charge is 2.22. The van der Waals surface area contributed by atoms with Gasteiger partial charge in [-0.05, 0) is 24.3 Å². The van der Waals surface area contributed by atoms with Crippen molar-refractivity contribution < 1.29 is 0 Å². The van der Waals surface area contributed by atoms with Crippen LogP contribution in [0, 0.1) is 11.3 Å². The molecule has 1 aliphatic rings. The van der Waals surface area contributed by atoms with E-state index in [-0.39, 0.29) is 0 Å². The van der Waals surface area contributed by atoms with E-state index in [1.165, 1.54) is 32.1 Å². The van der Waals surface area contributed by atoms with Gasteiger partial charge in [0.2, 0.25) is 0 Å². The molecular weight excluding hydrogens is 294 g/mol. The zero-order chi connectivity index (χ0) is 14.9. The summed E-state index contributed by atoms with van der Waals surface area (Å²) in [6.07, 6.45) is 8.00. The second kappa shape index (κ2) is 5.50. The molecule has 22 heavy (non-hydrogen) atoms. The summed E-state index contributed by atoms with van der Waals surface area (Å²) in [6, 6.07) is 6.79. The predicted molar refractivity (Wildman–Crippen MR) is 88.1 cm³/mol. The van der Waals surface area contributed by atoms with Crippen molar-refractivity contribution in [3.05, 3.63) is 29.3 Å². The fraction of sp³-hybridized carbons (Fsp3) is 0.375. The Hall–Kier alpha value is -2.26. The maximum Gasteiger partial charge on any atom is 0.173 e. The van der Waals surface area contributed by atoms with E-state index in [0.29, 0.717) is 17.3 Å². The molecule has 1 fully saturated rings. The zero-order valence-electron chi connectivity index (χ0n) is 12.2. The number of nitriles is 1. The fourth-order valence-corrected chi connectivity index (χ4v) is 3.88. The Labute approximate surface area is 132 Å². The van der Waals surface area contributed by atoms with Crippen LogP contribution in [0.2, 0.25) is 0 Å². The molecule has 0 aliphatic heterocycles. The quantitative estimate of drug-likeness (QED) is 0.768. The van der Waals surface area contributed by atoms with Crippen molar-refractivity contribution in [2.24, 2.45) is 0 Å². The standard InChI is InChI=1S/C16H17N5S/c17-9-11-10-18-21-15(11)20-14(13-7-4-8-22-13)16(21)19-12-5-2-1-3-6-12/h4,7-8,10,12,18-19H,1-3,5-6H2. The number of thiophene rings is 1. The van der Waals surface area contributed by atoms with Gasteiger partial charge < -0.3 is 5.32 Å². The molecule has 0 atom stereocenters. The van der Waals surface area contributed by atoms with Crippen molar-refractivity contribution in [2.75, 3.05) is 5.32 Å². The Bertz CT molecular complexity index is 815. The average molecular weight is 311 g/mol. The van der Waals surface area contributed by atoms with Crippen molar-refractivity contribution in [1.29, 1.82) is 5.26 Å². The van der Waals surface area contributed by atoms with Crippen LogP contribution in [-0.2, 0) is 0 Å². The fourth-order valence-electron chi connectivity index (χ4n) is 3.16. The van der Waals surface area contributed by atoms with Crippen LogP contribution in [0.25, 0.3) is 16.2 Å². The first-order chi connectivity index (χ1) is 10.9. The highest BCUT2D eigenvalue weighted by molar-refractivity contribution is 7.13. The van der Waals surface area contributed by atoms with E-state index in [1.807, 2.05) is 10.6 Å². The second-order valence-electron chi connectivity index (χ2n) is 5.72. The third-order valence-electron chi connectivity index (χ3n) is 4.28. The molecule has 0 aromatic carbocycles. The lowest BCUT2D eigenvalue weighted by Crippen LogP contribution is -2.23. The van der Waals surface area contributed by atoms with Crippen LogP contribution in [-0.4, -0.2) is 20.6 Å². The predicted octanol–water partition coefficient (Wildman–Crippen LogP) is 4.01. The molecular formula is C16H17N5S. The number of hydrogen-bond acceptors (Lipinski definition) is 4. The molecule has 2 N–H and O–H groups in total. The van der Waals surface area contributed by atoms with Crippen LogP contribution in [0.1, 0.15) is 37.7 Å². The number of nitrogens with one attached hydrogen (secondary N) is 2. The maximum atomic E-state index is 9.24. The van der Waals surface area contributed by atoms with Gasteiger partial charge in [-0.3, -0.25) is 5.10 Å². The average Bonchev–Trinajstić information content (AvgIpc) is 3.25. The highest BCUT2D eigenvalue weighted by atomic mass is 32.1. The first kappa shape index (κ1) is 13.4. The lowest BCUT2D eigenvalue weighted by atomic mass is 9.95. The van der Waals surface area contributed by atoms with Crippen molar-refractivity contribution in [3.63, 3.8) is 0 Å². The smallest absolute Gasteiger partial charge is 0.173 e. The molecule has 1 saturated carbocycles. The van der Waals surface area contributed by atoms with Crippen molar-refractivity contribution >= 4 is 22.8 Å². The Morgan fingerprint density at radius 1 is 1.36 bits per heavy atom. The molecule has 112 valence electrons. The number of hydrogen-bond donors (Lipinski definition) is 2. The number of anilines is 1. The summed E-state index contributed by atoms with van der Waals surface area (Å²) in [7, 11) is 0. The second-order valence-corrected chi connectivity index (χ2v) is 6.67. The van der Waals surface area contributed by atoms with Crippen LogP contribution in [0.3, 0.4) is 0 Å². The minimum Gasteiger partial charge on any atom is -0.365 e. The minimum absolute atomic E-state index is 0.487. The molecule has 0 spiro atoms. The molecule has 6 heteroatoms. The Balaban J connectivity index is 1.81. The Kier molecular flexibility index (Phi) is 3.35. The van der Waals surface area contributed by atoms with E-state index in [2.05, 4.69) is 27.9 Å². The molecule has 3 heterocycles. The number of imidazole rings is 1. The summed E-state index contributed by atoms with van der Waals surface area (Å²) < 4.78 is 1.90. The molecule has 3 aromatic rings. The van der Waals surface area contributed by atoms with Gasteiger partial charge in [0.25, 0.3) is 0 Å². The van der Waals surface area contributed by atoms with Gasteiger partial charge in [-0.25, -0.2) is 9.50 Å². The molecule has 0 saturated heterocycles. The molecule has 0 radical (unpaired) electrons. The highest BCUT2D eigenvalue weighted by Crippen LogP contribution is 2.34. The SMILES string of the molecule is N#Cc1c[nH]n2c(NC3CCCCC3)c(-c3cccs3)nc12. The molecule has 1 aliphatic carbocycles. The van der Waals surface area contributed by atoms with Crippen molar-refractivity contribution in [3.8, 4) is 16.6 Å². The number of aromatic nitrogens is 3. The third kappa shape index (κ3) is 2.18. The molecule has 0 unspecified atom stereocenters. The number of rotatable bonds is 3. The van der Waals surface area contributed by atoms with Crippen LogP contribution in [0.4, 0.5) is 5.82 Å². The lowest BCUT2D eigenvalue weighted by Gasteiger charge is -2.23. The molecule has 4 rings (SSSR count). The number of H-pyrrole nitrogens is 1. The lowest BCUT2D eigenvalue weighted by molar-refractivity contribution is 0.461. The van der Waals surface area contributed by atoms with Crippen molar-refractivity contribution in [1.82, 2.24) is 14.6 Å². The minimum atomic E-state index is 0.487. The number of aromatic amines is 1. The summed E-state index contributed by atoms with van der Waals surface area (Å²) in [6.45, 7) is 0. The van der Waals surface area contributed by atoms with Crippen molar-refractivity contribution in [2.45, 2.75) is 38.1 Å². The topological polar surface area (TPSA) is 68.9 Å². The van der Waals surface area contributed by atoms with E-state index >= 15 is 0 Å².